The minimum atomic E-state index is -1.21. The van der Waals surface area contributed by atoms with E-state index in [-0.39, 0.29) is 29.2 Å². The van der Waals surface area contributed by atoms with Crippen LogP contribution in [0.5, 0.6) is 11.5 Å². The van der Waals surface area contributed by atoms with Crippen molar-refractivity contribution >= 4 is 5.97 Å². The molecule has 1 atom stereocenters. The molecule has 1 N–H and O–H groups in total. The van der Waals surface area contributed by atoms with Gasteiger partial charge in [-0.05, 0) is 29.5 Å². The number of aromatic carboxylic acids is 1. The SMILES string of the molecule is COc1cc2c(cc1O[C@H]1C[C@H](OC)C1)C[C@@H](C(C)(C)C)n1cc(C(=O)O)c(=O)cc1-2. The van der Waals surface area contributed by atoms with E-state index < -0.39 is 11.4 Å². The van der Waals surface area contributed by atoms with Gasteiger partial charge in [-0.2, -0.15) is 0 Å². The number of ether oxygens (including phenoxy) is 3. The molecule has 0 bridgehead atoms. The molecule has 1 aliphatic carbocycles. The molecule has 7 heteroatoms. The number of rotatable bonds is 5. The molecule has 0 radical (unpaired) electrons. The summed E-state index contributed by atoms with van der Waals surface area (Å²) in [5, 5.41) is 9.46. The maximum Gasteiger partial charge on any atom is 0.341 e. The molecule has 1 aromatic heterocycles. The second kappa shape index (κ2) is 7.71. The molecule has 2 aromatic rings. The van der Waals surface area contributed by atoms with Crippen molar-refractivity contribution in [2.24, 2.45) is 5.41 Å². The van der Waals surface area contributed by atoms with Gasteiger partial charge in [-0.15, -0.1) is 0 Å². The number of fused-ring (bicyclic) bond motifs is 3. The fourth-order valence-electron chi connectivity index (χ4n) is 4.46. The van der Waals surface area contributed by atoms with Crippen LogP contribution in [0.2, 0.25) is 0 Å². The highest BCUT2D eigenvalue weighted by molar-refractivity contribution is 5.88. The second-order valence-electron chi connectivity index (χ2n) is 9.46. The van der Waals surface area contributed by atoms with Crippen molar-refractivity contribution in [3.63, 3.8) is 0 Å². The number of pyridine rings is 1. The lowest BCUT2D eigenvalue weighted by molar-refractivity contribution is -0.0388. The molecular weight excluding hydrogens is 398 g/mol. The van der Waals surface area contributed by atoms with Gasteiger partial charge in [0.25, 0.3) is 0 Å². The lowest BCUT2D eigenvalue weighted by Gasteiger charge is -2.39. The molecule has 2 heterocycles. The number of carboxylic acid groups (broad SMARTS) is 1. The van der Waals surface area contributed by atoms with Crippen LogP contribution in [0.4, 0.5) is 0 Å². The average Bonchev–Trinajstić information content (AvgIpc) is 2.67. The van der Waals surface area contributed by atoms with Crippen LogP contribution in [0.3, 0.4) is 0 Å². The molecule has 0 saturated heterocycles. The van der Waals surface area contributed by atoms with E-state index in [0.717, 1.165) is 24.0 Å². The van der Waals surface area contributed by atoms with Crippen molar-refractivity contribution in [2.45, 2.75) is 58.3 Å². The van der Waals surface area contributed by atoms with E-state index in [1.807, 2.05) is 16.7 Å². The monoisotopic (exact) mass is 427 g/mol. The molecule has 1 aromatic carbocycles. The fourth-order valence-corrected chi connectivity index (χ4v) is 4.46. The van der Waals surface area contributed by atoms with Gasteiger partial charge in [0, 0.05) is 43.8 Å². The van der Waals surface area contributed by atoms with E-state index >= 15 is 0 Å². The third-order valence-corrected chi connectivity index (χ3v) is 6.40. The molecular formula is C24H29NO6. The Hall–Kier alpha value is -2.80. The van der Waals surface area contributed by atoms with E-state index in [1.54, 1.807) is 14.2 Å². The van der Waals surface area contributed by atoms with Crippen LogP contribution in [0.25, 0.3) is 11.3 Å². The van der Waals surface area contributed by atoms with E-state index in [9.17, 15) is 14.7 Å². The molecule has 31 heavy (non-hydrogen) atoms. The summed E-state index contributed by atoms with van der Waals surface area (Å²) in [6.07, 6.45) is 4.19. The van der Waals surface area contributed by atoms with Gasteiger partial charge in [0.1, 0.15) is 11.7 Å². The quantitative estimate of drug-likeness (QED) is 0.778. The highest BCUT2D eigenvalue weighted by Gasteiger charge is 2.35. The molecule has 1 aliphatic heterocycles. The third kappa shape index (κ3) is 3.82. The summed E-state index contributed by atoms with van der Waals surface area (Å²) in [6, 6.07) is 5.31. The maximum atomic E-state index is 12.5. The average molecular weight is 427 g/mol. The van der Waals surface area contributed by atoms with Crippen LogP contribution in [0.15, 0.2) is 29.2 Å². The molecule has 7 nitrogen and oxygen atoms in total. The minimum Gasteiger partial charge on any atom is -0.493 e. The first-order valence-corrected chi connectivity index (χ1v) is 10.5. The summed E-state index contributed by atoms with van der Waals surface area (Å²) in [5.74, 6) is 0.0662. The molecule has 1 fully saturated rings. The molecule has 0 unspecified atom stereocenters. The zero-order valence-corrected chi connectivity index (χ0v) is 18.6. The Morgan fingerprint density at radius 2 is 1.81 bits per heavy atom. The van der Waals surface area contributed by atoms with E-state index in [0.29, 0.717) is 23.6 Å². The zero-order valence-electron chi connectivity index (χ0n) is 18.6. The number of nitrogens with zero attached hydrogens (tertiary/aromatic N) is 1. The van der Waals surface area contributed by atoms with Crippen LogP contribution in [0.1, 0.15) is 55.6 Å². The summed E-state index contributed by atoms with van der Waals surface area (Å²) in [6.45, 7) is 6.35. The lowest BCUT2D eigenvalue weighted by atomic mass is 9.78. The van der Waals surface area contributed by atoms with Crippen molar-refractivity contribution in [2.75, 3.05) is 14.2 Å². The highest BCUT2D eigenvalue weighted by Crippen LogP contribution is 2.46. The van der Waals surface area contributed by atoms with Gasteiger partial charge >= 0.3 is 5.97 Å². The van der Waals surface area contributed by atoms with Crippen LogP contribution in [-0.4, -0.2) is 42.1 Å². The Labute approximate surface area is 181 Å². The second-order valence-corrected chi connectivity index (χ2v) is 9.46. The Kier molecular flexibility index (Phi) is 5.33. The molecule has 4 rings (SSSR count). The van der Waals surface area contributed by atoms with Crippen molar-refractivity contribution in [3.8, 4) is 22.8 Å². The predicted octanol–water partition coefficient (Wildman–Crippen LogP) is 3.92. The number of aromatic nitrogens is 1. The number of hydrogen-bond acceptors (Lipinski definition) is 5. The zero-order chi connectivity index (χ0) is 22.5. The number of methoxy groups -OCH3 is 2. The first-order valence-electron chi connectivity index (χ1n) is 10.5. The number of carboxylic acids is 1. The van der Waals surface area contributed by atoms with E-state index in [4.69, 9.17) is 14.2 Å². The lowest BCUT2D eigenvalue weighted by Crippen LogP contribution is -2.39. The van der Waals surface area contributed by atoms with Crippen LogP contribution >= 0.6 is 0 Å². The summed E-state index contributed by atoms with van der Waals surface area (Å²) in [4.78, 5) is 24.1. The van der Waals surface area contributed by atoms with Crippen LogP contribution in [0, 0.1) is 5.41 Å². The standard InChI is InChI=1S/C24H29NO6/c1-24(2,3)22-7-13-6-21(31-15-8-14(9-15)29-4)20(30-5)10-16(13)18-11-19(26)17(23(27)28)12-25(18)22/h6,10-12,14-15,22H,7-9H2,1-5H3,(H,27,28)/t14-,15-,22-/m0/s1. The fraction of sp³-hybridized carbons (Fsp3) is 0.500. The number of hydrogen-bond donors (Lipinski definition) is 1. The normalized spacial score (nSPS) is 22.2. The largest absolute Gasteiger partial charge is 0.493 e. The Balaban J connectivity index is 1.82. The van der Waals surface area contributed by atoms with Crippen molar-refractivity contribution in [3.05, 3.63) is 45.7 Å². The summed E-state index contributed by atoms with van der Waals surface area (Å²) in [5.41, 5.74) is 1.74. The summed E-state index contributed by atoms with van der Waals surface area (Å²) >= 11 is 0. The Bertz CT molecular complexity index is 1070. The van der Waals surface area contributed by atoms with Crippen molar-refractivity contribution in [1.82, 2.24) is 4.57 Å². The van der Waals surface area contributed by atoms with E-state index in [2.05, 4.69) is 20.8 Å². The predicted molar refractivity (Wildman–Crippen MR) is 116 cm³/mol. The first-order chi connectivity index (χ1) is 14.6. The van der Waals surface area contributed by atoms with Gasteiger partial charge in [-0.3, -0.25) is 4.79 Å². The van der Waals surface area contributed by atoms with Crippen molar-refractivity contribution in [1.29, 1.82) is 0 Å². The molecule has 2 aliphatic rings. The maximum absolute atomic E-state index is 12.5. The molecule has 0 amide bonds. The number of benzene rings is 1. The Morgan fingerprint density at radius 1 is 1.10 bits per heavy atom. The molecule has 166 valence electrons. The molecule has 1 saturated carbocycles. The highest BCUT2D eigenvalue weighted by atomic mass is 16.5. The smallest absolute Gasteiger partial charge is 0.341 e. The first kappa shape index (κ1) is 21.4. The van der Waals surface area contributed by atoms with E-state index in [1.165, 1.54) is 12.3 Å². The topological polar surface area (TPSA) is 87.0 Å². The summed E-state index contributed by atoms with van der Waals surface area (Å²) in [7, 11) is 3.30. The van der Waals surface area contributed by atoms with Gasteiger partial charge in [0.2, 0.25) is 0 Å². The van der Waals surface area contributed by atoms with Gasteiger partial charge in [0.05, 0.1) is 18.9 Å². The Morgan fingerprint density at radius 3 is 2.39 bits per heavy atom. The van der Waals surface area contributed by atoms with Crippen LogP contribution < -0.4 is 14.9 Å². The van der Waals surface area contributed by atoms with Crippen LogP contribution in [-0.2, 0) is 11.2 Å². The minimum absolute atomic E-state index is 0.0171. The van der Waals surface area contributed by atoms with Gasteiger partial charge in [-0.1, -0.05) is 20.8 Å². The third-order valence-electron chi connectivity index (χ3n) is 6.40. The van der Waals surface area contributed by atoms with Gasteiger partial charge in [-0.25, -0.2) is 4.79 Å². The summed E-state index contributed by atoms with van der Waals surface area (Å²) < 4.78 is 19.1. The van der Waals surface area contributed by atoms with Gasteiger partial charge in [0.15, 0.2) is 16.9 Å². The van der Waals surface area contributed by atoms with Gasteiger partial charge < -0.3 is 23.9 Å². The van der Waals surface area contributed by atoms with Crippen molar-refractivity contribution < 1.29 is 24.1 Å². The molecule has 0 spiro atoms. The number of carbonyl (C=O) groups is 1.